The lowest BCUT2D eigenvalue weighted by molar-refractivity contribution is 0.0902. The maximum atomic E-state index is 12.2. The molecule has 0 saturated carbocycles. The lowest BCUT2D eigenvalue weighted by atomic mass is 9.95. The smallest absolute Gasteiger partial charge is 0.251 e. The van der Waals surface area contributed by atoms with Crippen LogP contribution in [0.1, 0.15) is 37.0 Å². The number of halogens is 1. The van der Waals surface area contributed by atoms with Crippen molar-refractivity contribution in [1.82, 2.24) is 5.32 Å². The molecule has 0 aromatic heterocycles. The number of hydrogen-bond donors (Lipinski definition) is 1. The summed E-state index contributed by atoms with van der Waals surface area (Å²) < 4.78 is 0. The summed E-state index contributed by atoms with van der Waals surface area (Å²) in [6.45, 7) is 4.18. The van der Waals surface area contributed by atoms with Crippen molar-refractivity contribution in [1.29, 1.82) is 0 Å². The lowest BCUT2D eigenvalue weighted by Gasteiger charge is -2.29. The average molecular weight is 327 g/mol. The highest BCUT2D eigenvalue weighted by Gasteiger charge is 2.23. The highest BCUT2D eigenvalue weighted by Crippen LogP contribution is 2.18. The molecule has 1 aromatic carbocycles. The molecule has 0 bridgehead atoms. The van der Waals surface area contributed by atoms with Crippen molar-refractivity contribution in [3.63, 3.8) is 0 Å². The number of benzene rings is 1. The summed E-state index contributed by atoms with van der Waals surface area (Å²) in [4.78, 5) is 14.3. The molecule has 1 N–H and O–H groups in total. The van der Waals surface area contributed by atoms with Crippen LogP contribution in [0.5, 0.6) is 0 Å². The second kappa shape index (κ2) is 6.94. The molecule has 0 heterocycles. The van der Waals surface area contributed by atoms with Gasteiger partial charge in [-0.2, -0.15) is 0 Å². The van der Waals surface area contributed by atoms with Crippen molar-refractivity contribution in [2.24, 2.45) is 0 Å². The molecule has 4 heteroatoms. The van der Waals surface area contributed by atoms with E-state index in [2.05, 4.69) is 35.1 Å². The Hall–Kier alpha value is -1.03. The Morgan fingerprint density at radius 2 is 1.89 bits per heavy atom. The van der Waals surface area contributed by atoms with E-state index in [0.717, 1.165) is 23.9 Å². The van der Waals surface area contributed by atoms with E-state index in [-0.39, 0.29) is 11.4 Å². The average Bonchev–Trinajstić information content (AvgIpc) is 2.39. The molecule has 0 radical (unpaired) electrons. The van der Waals surface area contributed by atoms with Crippen LogP contribution in [-0.4, -0.2) is 30.9 Å². The largest absolute Gasteiger partial charge is 0.378 e. The van der Waals surface area contributed by atoms with Gasteiger partial charge in [0.2, 0.25) is 0 Å². The molecule has 1 amide bonds. The third-order valence-corrected chi connectivity index (χ3v) is 3.88. The number of anilines is 1. The summed E-state index contributed by atoms with van der Waals surface area (Å²) in [5.74, 6) is -0.00407. The Bertz CT molecular complexity index is 417. The van der Waals surface area contributed by atoms with Crippen LogP contribution in [-0.2, 0) is 0 Å². The molecule has 1 rings (SSSR count). The maximum absolute atomic E-state index is 12.2. The van der Waals surface area contributed by atoms with Crippen LogP contribution in [0.3, 0.4) is 0 Å². The van der Waals surface area contributed by atoms with Gasteiger partial charge in [-0.25, -0.2) is 0 Å². The minimum absolute atomic E-state index is 0.00407. The Morgan fingerprint density at radius 1 is 1.32 bits per heavy atom. The van der Waals surface area contributed by atoms with Crippen LogP contribution in [0.15, 0.2) is 24.3 Å². The molecule has 0 aliphatic rings. The maximum Gasteiger partial charge on any atom is 0.251 e. The van der Waals surface area contributed by atoms with Crippen LogP contribution < -0.4 is 10.2 Å². The van der Waals surface area contributed by atoms with Crippen molar-refractivity contribution >= 4 is 27.5 Å². The third-order valence-electron chi connectivity index (χ3n) is 3.49. The predicted octanol–water partition coefficient (Wildman–Crippen LogP) is 3.44. The van der Waals surface area contributed by atoms with Gasteiger partial charge >= 0.3 is 0 Å². The first-order valence-electron chi connectivity index (χ1n) is 6.58. The highest BCUT2D eigenvalue weighted by molar-refractivity contribution is 9.09. The highest BCUT2D eigenvalue weighted by atomic mass is 79.9. The zero-order valence-electron chi connectivity index (χ0n) is 12.2. The SMILES string of the molecule is CCC(C)(CCBr)NC(=O)c1ccc(N(C)C)cc1. The molecule has 19 heavy (non-hydrogen) atoms. The van der Waals surface area contributed by atoms with E-state index >= 15 is 0 Å². The van der Waals surface area contributed by atoms with Crippen LogP contribution >= 0.6 is 15.9 Å². The fourth-order valence-corrected chi connectivity index (χ4v) is 2.67. The van der Waals surface area contributed by atoms with Crippen LogP contribution in [0.2, 0.25) is 0 Å². The molecule has 0 aliphatic heterocycles. The molecule has 0 spiro atoms. The number of nitrogens with zero attached hydrogens (tertiary/aromatic N) is 1. The standard InChI is InChI=1S/C15H23BrN2O/c1-5-15(2,10-11-16)17-14(19)12-6-8-13(9-7-12)18(3)4/h6-9H,5,10-11H2,1-4H3,(H,17,19). The summed E-state index contributed by atoms with van der Waals surface area (Å²) in [5.41, 5.74) is 1.65. The summed E-state index contributed by atoms with van der Waals surface area (Å²) in [6, 6.07) is 7.66. The molecule has 0 saturated heterocycles. The van der Waals surface area contributed by atoms with Crippen molar-refractivity contribution in [3.8, 4) is 0 Å². The molecule has 1 atom stereocenters. The second-order valence-electron chi connectivity index (χ2n) is 5.25. The van der Waals surface area contributed by atoms with Gasteiger partial charge in [-0.05, 0) is 44.0 Å². The minimum Gasteiger partial charge on any atom is -0.378 e. The normalized spacial score (nSPS) is 13.7. The minimum atomic E-state index is -0.152. The number of carbonyl (C=O) groups excluding carboxylic acids is 1. The van der Waals surface area contributed by atoms with Crippen molar-refractivity contribution < 1.29 is 4.79 Å². The Labute approximate surface area is 124 Å². The molecule has 3 nitrogen and oxygen atoms in total. The third kappa shape index (κ3) is 4.53. The Morgan fingerprint density at radius 3 is 2.32 bits per heavy atom. The van der Waals surface area contributed by atoms with Gasteiger partial charge in [0.05, 0.1) is 0 Å². The monoisotopic (exact) mass is 326 g/mol. The first-order valence-corrected chi connectivity index (χ1v) is 7.70. The lowest BCUT2D eigenvalue weighted by Crippen LogP contribution is -2.45. The Kier molecular flexibility index (Phi) is 5.85. The number of carbonyl (C=O) groups is 1. The zero-order valence-corrected chi connectivity index (χ0v) is 13.8. The topological polar surface area (TPSA) is 32.3 Å². The van der Waals surface area contributed by atoms with E-state index in [1.54, 1.807) is 0 Å². The zero-order chi connectivity index (χ0) is 14.5. The fourth-order valence-electron chi connectivity index (χ4n) is 1.79. The van der Waals surface area contributed by atoms with Gasteiger partial charge in [0.15, 0.2) is 0 Å². The first-order chi connectivity index (χ1) is 8.91. The molecular formula is C15H23BrN2O. The van der Waals surface area contributed by atoms with Crippen molar-refractivity contribution in [2.75, 3.05) is 24.3 Å². The number of hydrogen-bond acceptors (Lipinski definition) is 2. The molecule has 0 fully saturated rings. The predicted molar refractivity (Wildman–Crippen MR) is 85.3 cm³/mol. The van der Waals surface area contributed by atoms with E-state index in [9.17, 15) is 4.79 Å². The van der Waals surface area contributed by atoms with Gasteiger partial charge in [-0.1, -0.05) is 22.9 Å². The molecule has 106 valence electrons. The van der Waals surface area contributed by atoms with Crippen LogP contribution in [0.25, 0.3) is 0 Å². The molecule has 1 aromatic rings. The number of alkyl halides is 1. The summed E-state index contributed by atoms with van der Waals surface area (Å²) in [7, 11) is 3.97. The van der Waals surface area contributed by atoms with Crippen molar-refractivity contribution in [3.05, 3.63) is 29.8 Å². The van der Waals surface area contributed by atoms with Gasteiger partial charge in [-0.15, -0.1) is 0 Å². The number of nitrogens with one attached hydrogen (secondary N) is 1. The van der Waals surface area contributed by atoms with Gasteiger partial charge in [0.1, 0.15) is 0 Å². The van der Waals surface area contributed by atoms with Gasteiger partial charge in [0, 0.05) is 36.2 Å². The fraction of sp³-hybridized carbons (Fsp3) is 0.533. The van der Waals surface area contributed by atoms with E-state index in [0.29, 0.717) is 5.56 Å². The quantitative estimate of drug-likeness (QED) is 0.812. The van der Waals surface area contributed by atoms with Gasteiger partial charge < -0.3 is 10.2 Å². The first kappa shape index (κ1) is 16.0. The van der Waals surface area contributed by atoms with Crippen molar-refractivity contribution in [2.45, 2.75) is 32.2 Å². The molecule has 0 aliphatic carbocycles. The number of rotatable bonds is 6. The second-order valence-corrected chi connectivity index (χ2v) is 6.04. The summed E-state index contributed by atoms with van der Waals surface area (Å²) in [6.07, 6.45) is 1.84. The summed E-state index contributed by atoms with van der Waals surface area (Å²) in [5, 5.41) is 4.01. The van der Waals surface area contributed by atoms with Crippen LogP contribution in [0, 0.1) is 0 Å². The van der Waals surface area contributed by atoms with Gasteiger partial charge in [0.25, 0.3) is 5.91 Å². The van der Waals surface area contributed by atoms with E-state index in [1.807, 2.05) is 43.3 Å². The molecule has 1 unspecified atom stereocenters. The molecular weight excluding hydrogens is 304 g/mol. The van der Waals surface area contributed by atoms with E-state index in [4.69, 9.17) is 0 Å². The Balaban J connectivity index is 2.77. The number of amides is 1. The summed E-state index contributed by atoms with van der Waals surface area (Å²) >= 11 is 3.44. The van der Waals surface area contributed by atoms with Crippen LogP contribution in [0.4, 0.5) is 5.69 Å². The van der Waals surface area contributed by atoms with E-state index in [1.165, 1.54) is 0 Å². The van der Waals surface area contributed by atoms with Gasteiger partial charge in [-0.3, -0.25) is 4.79 Å². The van der Waals surface area contributed by atoms with E-state index < -0.39 is 0 Å².